The fourth-order valence-electron chi connectivity index (χ4n) is 1.49. The van der Waals surface area contributed by atoms with Crippen molar-refractivity contribution in [3.8, 4) is 0 Å². The molecule has 1 aromatic carbocycles. The number of benzene rings is 1. The van der Waals surface area contributed by atoms with Gasteiger partial charge in [0, 0.05) is 0 Å². The van der Waals surface area contributed by atoms with Gasteiger partial charge in [-0.1, -0.05) is 63.4 Å². The summed E-state index contributed by atoms with van der Waals surface area (Å²) in [5, 5.41) is 3.01. The topological polar surface area (TPSA) is 0 Å². The van der Waals surface area contributed by atoms with E-state index in [9.17, 15) is 0 Å². The molecule has 0 spiro atoms. The highest BCUT2D eigenvalue weighted by molar-refractivity contribution is 7.68. The van der Waals surface area contributed by atoms with Crippen LogP contribution in [0.2, 0.25) is 0 Å². The van der Waals surface area contributed by atoms with Crippen LogP contribution in [0.3, 0.4) is 0 Å². The highest BCUT2D eigenvalue weighted by Crippen LogP contribution is 2.41. The van der Waals surface area contributed by atoms with Crippen molar-refractivity contribution in [1.29, 1.82) is 0 Å². The Morgan fingerprint density at radius 2 is 1.93 bits per heavy atom. The quantitative estimate of drug-likeness (QED) is 0.522. The second-order valence-corrected chi connectivity index (χ2v) is 5.64. The van der Waals surface area contributed by atoms with Crippen molar-refractivity contribution in [1.82, 2.24) is 0 Å². The fourth-order valence-corrected chi connectivity index (χ4v) is 3.23. The average Bonchev–Trinajstić information content (AvgIpc) is 2.31. The average molecular weight is 218 g/mol. The zero-order valence-corrected chi connectivity index (χ0v) is 10.7. The lowest BCUT2D eigenvalue weighted by molar-refractivity contribution is 1.19. The molecule has 0 aliphatic carbocycles. The van der Waals surface area contributed by atoms with Gasteiger partial charge in [-0.3, -0.25) is 0 Å². The summed E-state index contributed by atoms with van der Waals surface area (Å²) >= 11 is 0. The third-order valence-corrected chi connectivity index (χ3v) is 4.82. The van der Waals surface area contributed by atoms with E-state index in [1.54, 1.807) is 5.31 Å². The Bertz CT molecular complexity index is 336. The predicted molar refractivity (Wildman–Crippen MR) is 72.1 cm³/mol. The van der Waals surface area contributed by atoms with Gasteiger partial charge in [0.25, 0.3) is 0 Å². The first-order valence-electron chi connectivity index (χ1n) is 5.40. The Labute approximate surface area is 94.5 Å². The standard InChI is InChI=1S/C14H19P/c1-4-6-10-13(5-2)15(3)14-11-8-7-9-12-14/h4,6-12H,5H2,1-3H3/b6-4-,13-10+. The van der Waals surface area contributed by atoms with E-state index in [-0.39, 0.29) is 7.92 Å². The van der Waals surface area contributed by atoms with Crippen LogP contribution in [0.5, 0.6) is 0 Å². The van der Waals surface area contributed by atoms with Gasteiger partial charge in [-0.25, -0.2) is 0 Å². The zero-order valence-electron chi connectivity index (χ0n) is 9.77. The maximum atomic E-state index is 2.34. The number of rotatable bonds is 4. The molecule has 0 saturated heterocycles. The first-order chi connectivity index (χ1) is 7.29. The van der Waals surface area contributed by atoms with Crippen LogP contribution in [-0.4, -0.2) is 6.66 Å². The van der Waals surface area contributed by atoms with E-state index < -0.39 is 0 Å². The number of allylic oxidation sites excluding steroid dienone is 4. The molecule has 1 heteroatoms. The molecule has 1 aromatic rings. The van der Waals surface area contributed by atoms with Crippen LogP contribution < -0.4 is 5.30 Å². The lowest BCUT2D eigenvalue weighted by Crippen LogP contribution is -1.99. The Morgan fingerprint density at radius 1 is 1.27 bits per heavy atom. The summed E-state index contributed by atoms with van der Waals surface area (Å²) in [6, 6.07) is 10.8. The molecule has 0 bridgehead atoms. The summed E-state index contributed by atoms with van der Waals surface area (Å²) in [6.45, 7) is 6.63. The molecule has 0 radical (unpaired) electrons. The first-order valence-corrected chi connectivity index (χ1v) is 7.19. The molecule has 0 amide bonds. The Morgan fingerprint density at radius 3 is 2.47 bits per heavy atom. The van der Waals surface area contributed by atoms with Crippen LogP contribution in [0.1, 0.15) is 20.3 Å². The van der Waals surface area contributed by atoms with Crippen LogP contribution in [0.4, 0.5) is 0 Å². The van der Waals surface area contributed by atoms with Crippen molar-refractivity contribution in [3.05, 3.63) is 53.9 Å². The van der Waals surface area contributed by atoms with E-state index in [2.05, 4.69) is 69.1 Å². The summed E-state index contributed by atoms with van der Waals surface area (Å²) in [6.07, 6.45) is 7.63. The zero-order chi connectivity index (χ0) is 11.1. The van der Waals surface area contributed by atoms with Gasteiger partial charge in [0.15, 0.2) is 0 Å². The molecule has 0 aliphatic heterocycles. The van der Waals surface area contributed by atoms with Crippen molar-refractivity contribution in [2.45, 2.75) is 20.3 Å². The second-order valence-electron chi connectivity index (χ2n) is 3.43. The van der Waals surface area contributed by atoms with Crippen LogP contribution in [0.15, 0.2) is 53.9 Å². The minimum Gasteiger partial charge on any atom is -0.0876 e. The molecule has 1 atom stereocenters. The van der Waals surface area contributed by atoms with E-state index in [0.29, 0.717) is 0 Å². The van der Waals surface area contributed by atoms with Gasteiger partial charge in [0.05, 0.1) is 0 Å². The molecule has 1 unspecified atom stereocenters. The van der Waals surface area contributed by atoms with Crippen molar-refractivity contribution in [2.24, 2.45) is 0 Å². The summed E-state index contributed by atoms with van der Waals surface area (Å²) in [4.78, 5) is 0. The molecule has 80 valence electrons. The molecular weight excluding hydrogens is 199 g/mol. The normalized spacial score (nSPS) is 14.5. The maximum Gasteiger partial charge on any atom is -0.0201 e. The van der Waals surface area contributed by atoms with Crippen molar-refractivity contribution in [2.75, 3.05) is 6.66 Å². The van der Waals surface area contributed by atoms with E-state index in [0.717, 1.165) is 6.42 Å². The van der Waals surface area contributed by atoms with Gasteiger partial charge >= 0.3 is 0 Å². The van der Waals surface area contributed by atoms with E-state index >= 15 is 0 Å². The maximum absolute atomic E-state index is 2.34. The van der Waals surface area contributed by atoms with Crippen molar-refractivity contribution < 1.29 is 0 Å². The van der Waals surface area contributed by atoms with Crippen LogP contribution in [0, 0.1) is 0 Å². The Balaban J connectivity index is 2.87. The molecule has 0 aliphatic rings. The van der Waals surface area contributed by atoms with Gasteiger partial charge in [-0.15, -0.1) is 0 Å². The lowest BCUT2D eigenvalue weighted by Gasteiger charge is -2.15. The highest BCUT2D eigenvalue weighted by Gasteiger charge is 2.07. The molecular formula is C14H19P. The van der Waals surface area contributed by atoms with Crippen molar-refractivity contribution in [3.63, 3.8) is 0 Å². The van der Waals surface area contributed by atoms with Gasteiger partial charge < -0.3 is 0 Å². The SMILES string of the molecule is C/C=C\C=C(/CC)P(C)c1ccccc1. The first kappa shape index (κ1) is 12.2. The van der Waals surface area contributed by atoms with Crippen LogP contribution in [-0.2, 0) is 0 Å². The summed E-state index contributed by atoms with van der Waals surface area (Å²) in [7, 11) is -0.141. The molecule has 0 nitrogen and oxygen atoms in total. The smallest absolute Gasteiger partial charge is 0.0201 e. The Kier molecular flexibility index (Phi) is 5.36. The monoisotopic (exact) mass is 218 g/mol. The third kappa shape index (κ3) is 3.64. The molecule has 0 heterocycles. The second kappa shape index (κ2) is 6.58. The van der Waals surface area contributed by atoms with Crippen LogP contribution in [0.25, 0.3) is 0 Å². The van der Waals surface area contributed by atoms with E-state index in [1.807, 2.05) is 0 Å². The third-order valence-electron chi connectivity index (χ3n) is 2.42. The molecule has 0 N–H and O–H groups in total. The molecule has 15 heavy (non-hydrogen) atoms. The minimum atomic E-state index is -0.141. The van der Waals surface area contributed by atoms with E-state index in [4.69, 9.17) is 0 Å². The van der Waals surface area contributed by atoms with Gasteiger partial charge in [-0.05, 0) is 30.6 Å². The molecule has 1 rings (SSSR count). The molecule has 0 fully saturated rings. The van der Waals surface area contributed by atoms with E-state index in [1.165, 1.54) is 5.30 Å². The number of hydrogen-bond acceptors (Lipinski definition) is 0. The molecule has 0 saturated carbocycles. The van der Waals surface area contributed by atoms with Gasteiger partial charge in [-0.2, -0.15) is 0 Å². The van der Waals surface area contributed by atoms with Crippen molar-refractivity contribution >= 4 is 13.2 Å². The van der Waals surface area contributed by atoms with Gasteiger partial charge in [0.2, 0.25) is 0 Å². The predicted octanol–water partition coefficient (Wildman–Crippen LogP) is 4.29. The minimum absolute atomic E-state index is 0.141. The fraction of sp³-hybridized carbons (Fsp3) is 0.286. The Hall–Kier alpha value is -0.870. The largest absolute Gasteiger partial charge is 0.0876 e. The van der Waals surface area contributed by atoms with Gasteiger partial charge in [0.1, 0.15) is 0 Å². The summed E-state index contributed by atoms with van der Waals surface area (Å²) in [5.41, 5.74) is 0. The summed E-state index contributed by atoms with van der Waals surface area (Å²) < 4.78 is 0. The summed E-state index contributed by atoms with van der Waals surface area (Å²) in [5.74, 6) is 0. The highest BCUT2D eigenvalue weighted by atomic mass is 31.1. The lowest BCUT2D eigenvalue weighted by atomic mass is 10.4. The number of hydrogen-bond donors (Lipinski definition) is 0. The molecule has 0 aromatic heterocycles. The van der Waals surface area contributed by atoms with Crippen LogP contribution >= 0.6 is 7.92 Å².